The van der Waals surface area contributed by atoms with Crippen LogP contribution in [0.2, 0.25) is 0 Å². The number of anilines is 1. The van der Waals surface area contributed by atoms with Crippen molar-refractivity contribution in [2.75, 3.05) is 18.5 Å². The lowest BCUT2D eigenvalue weighted by atomic mass is 9.98. The van der Waals surface area contributed by atoms with Crippen LogP contribution in [0.3, 0.4) is 0 Å². The number of nitrogens with one attached hydrogen (secondary N) is 4. The Balaban J connectivity index is 1.45. The lowest BCUT2D eigenvalue weighted by molar-refractivity contribution is -0.128. The van der Waals surface area contributed by atoms with Crippen LogP contribution in [0, 0.1) is 5.92 Å². The third kappa shape index (κ3) is 9.02. The number of carbonyl (C=O) groups is 4. The average Bonchev–Trinajstić information content (AvgIpc) is 3.36. The maximum atomic E-state index is 13.5. The van der Waals surface area contributed by atoms with E-state index < -0.39 is 57.0 Å². The molecule has 1 aliphatic carbocycles. The van der Waals surface area contributed by atoms with E-state index in [2.05, 4.69) is 21.3 Å². The van der Waals surface area contributed by atoms with Crippen molar-refractivity contribution >= 4 is 51.3 Å². The van der Waals surface area contributed by atoms with E-state index in [1.807, 2.05) is 48.5 Å². The van der Waals surface area contributed by atoms with Crippen molar-refractivity contribution in [2.24, 2.45) is 11.7 Å². The molecule has 0 heterocycles. The van der Waals surface area contributed by atoms with E-state index in [-0.39, 0.29) is 49.0 Å². The first-order chi connectivity index (χ1) is 22.8. The van der Waals surface area contributed by atoms with Crippen LogP contribution < -0.4 is 27.0 Å². The molecule has 2 atom stereocenters. The summed E-state index contributed by atoms with van der Waals surface area (Å²) in [4.78, 5) is 50.5. The summed E-state index contributed by atoms with van der Waals surface area (Å²) >= 11 is 5.79. The lowest BCUT2D eigenvalue weighted by Gasteiger charge is -2.25. The van der Waals surface area contributed by atoms with Gasteiger partial charge in [0, 0.05) is 24.0 Å². The number of alkyl halides is 1. The standard InChI is InChI=1S/C33H38ClN5O8S/c1-19(2)29(39-33(43)47-18-26-24-10-5-3-8-22(24)23-9-4-6-11-25(23)26)31(41)38-27(12-7-15-36-32(35)42)30(40)37-21-14-13-20(17-34)28(16-21)48(44,45)46/h3-6,8-11,13-14,16,19,26-27,29H,7,12,15,17-18H2,1-2H3,(H,37,40)(H,38,41)(H,39,43)(H3,35,36,42)(H,44,45,46). The molecule has 0 saturated carbocycles. The second-order valence-corrected chi connectivity index (χ2v) is 13.3. The van der Waals surface area contributed by atoms with Crippen LogP contribution in [-0.2, 0) is 30.3 Å². The summed E-state index contributed by atoms with van der Waals surface area (Å²) < 4.78 is 38.9. The first kappa shape index (κ1) is 36.2. The first-order valence-corrected chi connectivity index (χ1v) is 17.2. The highest BCUT2D eigenvalue weighted by Crippen LogP contribution is 2.44. The van der Waals surface area contributed by atoms with Crippen LogP contribution in [0.1, 0.15) is 49.3 Å². The zero-order valence-corrected chi connectivity index (χ0v) is 27.9. The molecular weight excluding hydrogens is 662 g/mol. The number of halogens is 1. The molecule has 3 aromatic rings. The van der Waals surface area contributed by atoms with Gasteiger partial charge in [-0.2, -0.15) is 8.42 Å². The number of rotatable bonds is 14. The van der Waals surface area contributed by atoms with Crippen LogP contribution in [0.15, 0.2) is 71.6 Å². The minimum atomic E-state index is -4.65. The average molecular weight is 700 g/mol. The molecule has 256 valence electrons. The Labute approximate surface area is 283 Å². The second kappa shape index (κ2) is 16.0. The molecule has 0 saturated heterocycles. The zero-order valence-electron chi connectivity index (χ0n) is 26.4. The summed E-state index contributed by atoms with van der Waals surface area (Å²) in [5, 5.41) is 10.2. The molecule has 5 amide bonds. The largest absolute Gasteiger partial charge is 0.449 e. The van der Waals surface area contributed by atoms with Gasteiger partial charge in [0.2, 0.25) is 11.8 Å². The predicted octanol–water partition coefficient (Wildman–Crippen LogP) is 4.11. The molecule has 3 aromatic carbocycles. The van der Waals surface area contributed by atoms with Crippen molar-refractivity contribution in [1.29, 1.82) is 0 Å². The molecule has 0 aromatic heterocycles. The summed E-state index contributed by atoms with van der Waals surface area (Å²) in [6.07, 6.45) is -0.539. The second-order valence-electron chi connectivity index (χ2n) is 11.6. The minimum Gasteiger partial charge on any atom is -0.449 e. The maximum Gasteiger partial charge on any atom is 0.407 e. The fourth-order valence-electron chi connectivity index (χ4n) is 5.56. The monoisotopic (exact) mass is 699 g/mol. The molecule has 2 unspecified atom stereocenters. The maximum absolute atomic E-state index is 13.5. The molecule has 48 heavy (non-hydrogen) atoms. The highest BCUT2D eigenvalue weighted by Gasteiger charge is 2.32. The fourth-order valence-corrected chi connectivity index (χ4v) is 6.62. The number of ether oxygens (including phenoxy) is 1. The summed E-state index contributed by atoms with van der Waals surface area (Å²) in [5.74, 6) is -2.19. The van der Waals surface area contributed by atoms with Gasteiger partial charge in [-0.25, -0.2) is 9.59 Å². The number of hydrogen-bond acceptors (Lipinski definition) is 7. The quantitative estimate of drug-likeness (QED) is 0.0818. The first-order valence-electron chi connectivity index (χ1n) is 15.2. The predicted molar refractivity (Wildman–Crippen MR) is 180 cm³/mol. The van der Waals surface area contributed by atoms with Crippen LogP contribution in [0.5, 0.6) is 0 Å². The number of urea groups is 1. The van der Waals surface area contributed by atoms with Crippen LogP contribution in [0.25, 0.3) is 11.1 Å². The summed E-state index contributed by atoms with van der Waals surface area (Å²) in [6.45, 7) is 3.58. The molecule has 4 rings (SSSR count). The molecule has 1 aliphatic rings. The molecule has 0 radical (unpaired) electrons. The van der Waals surface area contributed by atoms with E-state index in [0.717, 1.165) is 28.3 Å². The third-order valence-electron chi connectivity index (χ3n) is 7.92. The number of nitrogens with two attached hydrogens (primary N) is 1. The van der Waals surface area contributed by atoms with Crippen LogP contribution in [-0.4, -0.2) is 62.1 Å². The van der Waals surface area contributed by atoms with Gasteiger partial charge < -0.3 is 31.7 Å². The van der Waals surface area contributed by atoms with Crippen molar-refractivity contribution in [1.82, 2.24) is 16.0 Å². The normalized spacial score (nSPS) is 13.5. The highest BCUT2D eigenvalue weighted by atomic mass is 35.5. The minimum absolute atomic E-state index is 0.0215. The molecule has 0 fully saturated rings. The molecule has 0 bridgehead atoms. The van der Waals surface area contributed by atoms with Gasteiger partial charge in [0.05, 0.1) is 0 Å². The lowest BCUT2D eigenvalue weighted by Crippen LogP contribution is -2.54. The molecular formula is C33H38ClN5O8S. The van der Waals surface area contributed by atoms with Gasteiger partial charge in [-0.05, 0) is 58.7 Å². The molecule has 0 spiro atoms. The summed E-state index contributed by atoms with van der Waals surface area (Å²) in [7, 11) is -4.65. The zero-order chi connectivity index (χ0) is 35.0. The van der Waals surface area contributed by atoms with Crippen molar-refractivity contribution in [3.63, 3.8) is 0 Å². The van der Waals surface area contributed by atoms with Crippen LogP contribution >= 0.6 is 11.6 Å². The summed E-state index contributed by atoms with van der Waals surface area (Å²) in [5.41, 5.74) is 9.48. The molecule has 13 nitrogen and oxygen atoms in total. The van der Waals surface area contributed by atoms with Gasteiger partial charge in [-0.15, -0.1) is 11.6 Å². The third-order valence-corrected chi connectivity index (χ3v) is 9.15. The van der Waals surface area contributed by atoms with Gasteiger partial charge in [0.1, 0.15) is 23.6 Å². The number of carbonyl (C=O) groups excluding carboxylic acids is 4. The Morgan fingerprint density at radius 2 is 1.56 bits per heavy atom. The van der Waals surface area contributed by atoms with Crippen molar-refractivity contribution < 1.29 is 36.9 Å². The number of primary amides is 1. The van der Waals surface area contributed by atoms with Gasteiger partial charge in [0.25, 0.3) is 10.1 Å². The topological polar surface area (TPSA) is 206 Å². The van der Waals surface area contributed by atoms with Crippen molar-refractivity contribution in [3.05, 3.63) is 83.4 Å². The SMILES string of the molecule is CC(C)C(NC(=O)OCC1c2ccccc2-c2ccccc21)C(=O)NC(CCCNC(N)=O)C(=O)Nc1ccc(CCl)c(S(=O)(=O)O)c1. The van der Waals surface area contributed by atoms with E-state index in [1.54, 1.807) is 13.8 Å². The van der Waals surface area contributed by atoms with Gasteiger partial charge >= 0.3 is 12.1 Å². The Bertz CT molecular complexity index is 1740. The Kier molecular flexibility index (Phi) is 12.0. The van der Waals surface area contributed by atoms with Gasteiger partial charge in [0.15, 0.2) is 0 Å². The highest BCUT2D eigenvalue weighted by molar-refractivity contribution is 7.85. The Morgan fingerprint density at radius 3 is 2.12 bits per heavy atom. The van der Waals surface area contributed by atoms with Crippen molar-refractivity contribution in [3.8, 4) is 11.1 Å². The van der Waals surface area contributed by atoms with Crippen LogP contribution in [0.4, 0.5) is 15.3 Å². The smallest absolute Gasteiger partial charge is 0.407 e. The van der Waals surface area contributed by atoms with Gasteiger partial charge in [-0.3, -0.25) is 14.1 Å². The van der Waals surface area contributed by atoms with E-state index in [9.17, 15) is 32.1 Å². The number of hydrogen-bond donors (Lipinski definition) is 6. The van der Waals surface area contributed by atoms with E-state index >= 15 is 0 Å². The van der Waals surface area contributed by atoms with Gasteiger partial charge in [-0.1, -0.05) is 68.4 Å². The number of benzene rings is 3. The van der Waals surface area contributed by atoms with E-state index in [0.29, 0.717) is 0 Å². The Morgan fingerprint density at radius 1 is 0.938 bits per heavy atom. The summed E-state index contributed by atoms with van der Waals surface area (Å²) in [6, 6.07) is 16.5. The fraction of sp³-hybridized carbons (Fsp3) is 0.333. The van der Waals surface area contributed by atoms with E-state index in [1.165, 1.54) is 12.1 Å². The van der Waals surface area contributed by atoms with E-state index in [4.69, 9.17) is 22.1 Å². The molecule has 15 heteroatoms. The molecule has 0 aliphatic heterocycles. The number of amides is 5. The Hall–Kier alpha value is -4.66. The number of fused-ring (bicyclic) bond motifs is 3. The molecule has 7 N–H and O–H groups in total. The number of alkyl carbamates (subject to hydrolysis) is 1. The van der Waals surface area contributed by atoms with Crippen molar-refractivity contribution in [2.45, 2.75) is 55.5 Å².